The number of halogens is 1. The van der Waals surface area contributed by atoms with Crippen LogP contribution in [0, 0.1) is 10.1 Å². The van der Waals surface area contributed by atoms with E-state index < -0.39 is 23.4 Å². The second kappa shape index (κ2) is 6.89. The molecule has 0 aromatic heterocycles. The van der Waals surface area contributed by atoms with Gasteiger partial charge < -0.3 is 14.8 Å². The molecule has 1 saturated heterocycles. The number of amides is 1. The number of methoxy groups -OCH3 is 2. The number of benzene rings is 2. The van der Waals surface area contributed by atoms with Crippen LogP contribution in [0.15, 0.2) is 36.4 Å². The van der Waals surface area contributed by atoms with Crippen molar-refractivity contribution in [2.45, 2.75) is 17.5 Å². The number of carbonyl (C=O) groups excluding carboxylic acids is 1. The molecule has 152 valence electrons. The van der Waals surface area contributed by atoms with Crippen LogP contribution in [0.3, 0.4) is 0 Å². The van der Waals surface area contributed by atoms with Crippen LogP contribution >= 0.6 is 11.6 Å². The summed E-state index contributed by atoms with van der Waals surface area (Å²) in [5.74, 6) is -0.168. The van der Waals surface area contributed by atoms with Crippen molar-refractivity contribution in [1.29, 1.82) is 0 Å². The largest absolute Gasteiger partial charge is 0.493 e. The van der Waals surface area contributed by atoms with Gasteiger partial charge in [-0.1, -0.05) is 29.8 Å². The number of hydrogen-bond donors (Lipinski definition) is 1. The van der Waals surface area contributed by atoms with Crippen molar-refractivity contribution in [1.82, 2.24) is 4.90 Å². The maximum atomic E-state index is 13.1. The van der Waals surface area contributed by atoms with Crippen LogP contribution in [0.1, 0.15) is 17.0 Å². The number of hydrogen-bond acceptors (Lipinski definition) is 6. The molecule has 1 N–H and O–H groups in total. The highest BCUT2D eigenvalue weighted by molar-refractivity contribution is 6.31. The van der Waals surface area contributed by atoms with Gasteiger partial charge in [0, 0.05) is 33.8 Å². The highest BCUT2D eigenvalue weighted by Gasteiger charge is 2.68. The average Bonchev–Trinajstić information content (AvgIpc) is 3.17. The van der Waals surface area contributed by atoms with Gasteiger partial charge in [0.25, 0.3) is 11.9 Å². The molecule has 2 aromatic carbocycles. The number of nitrogens with zero attached hydrogens (tertiary/aromatic N) is 2. The van der Waals surface area contributed by atoms with E-state index in [0.717, 1.165) is 0 Å². The normalized spacial score (nSPS) is 25.7. The molecule has 8 nitrogen and oxygen atoms in total. The number of anilines is 1. The van der Waals surface area contributed by atoms with Gasteiger partial charge in [-0.25, -0.2) is 0 Å². The zero-order valence-electron chi connectivity index (χ0n) is 16.1. The molecular weight excluding hydrogens is 398 g/mol. The Hall–Kier alpha value is -2.84. The molecule has 0 unspecified atom stereocenters. The minimum Gasteiger partial charge on any atom is -0.493 e. The monoisotopic (exact) mass is 417 g/mol. The molecule has 1 spiro atoms. The van der Waals surface area contributed by atoms with Crippen molar-refractivity contribution in [3.8, 4) is 11.5 Å². The number of nitrogens with one attached hydrogen (secondary N) is 1. The molecule has 2 aromatic rings. The fourth-order valence-corrected chi connectivity index (χ4v) is 5.01. The van der Waals surface area contributed by atoms with Crippen molar-refractivity contribution in [2.24, 2.45) is 0 Å². The maximum absolute atomic E-state index is 13.1. The Morgan fingerprint density at radius 3 is 2.55 bits per heavy atom. The van der Waals surface area contributed by atoms with E-state index in [0.29, 0.717) is 33.3 Å². The van der Waals surface area contributed by atoms with Gasteiger partial charge in [0.05, 0.1) is 20.1 Å². The van der Waals surface area contributed by atoms with Gasteiger partial charge in [0.15, 0.2) is 17.0 Å². The fourth-order valence-electron chi connectivity index (χ4n) is 4.71. The molecule has 2 aliphatic rings. The predicted molar refractivity (Wildman–Crippen MR) is 107 cm³/mol. The summed E-state index contributed by atoms with van der Waals surface area (Å²) < 4.78 is 10.6. The fraction of sp³-hybridized carbons (Fsp3) is 0.350. The number of likely N-dealkylation sites (N-methyl/N-ethyl adjacent to an activating group) is 1. The first-order valence-corrected chi connectivity index (χ1v) is 9.41. The van der Waals surface area contributed by atoms with E-state index in [2.05, 4.69) is 5.32 Å². The minimum atomic E-state index is -1.42. The van der Waals surface area contributed by atoms with Gasteiger partial charge in [-0.2, -0.15) is 0 Å². The van der Waals surface area contributed by atoms with E-state index in [1.54, 1.807) is 48.3 Å². The first-order chi connectivity index (χ1) is 13.9. The molecule has 2 heterocycles. The van der Waals surface area contributed by atoms with Gasteiger partial charge in [0.1, 0.15) is 0 Å². The smallest absolute Gasteiger partial charge is 0.256 e. The van der Waals surface area contributed by atoms with Crippen LogP contribution < -0.4 is 14.8 Å². The third-order valence-corrected chi connectivity index (χ3v) is 6.27. The number of carbonyl (C=O) groups is 1. The van der Waals surface area contributed by atoms with Crippen LogP contribution in [0.5, 0.6) is 11.5 Å². The molecule has 4 rings (SSSR count). The summed E-state index contributed by atoms with van der Waals surface area (Å²) in [7, 11) is 4.71. The van der Waals surface area contributed by atoms with Crippen molar-refractivity contribution in [3.05, 3.63) is 62.7 Å². The first-order valence-electron chi connectivity index (χ1n) is 9.03. The molecular formula is C20H20ClN3O5. The van der Waals surface area contributed by atoms with E-state index in [9.17, 15) is 14.9 Å². The molecule has 2 aliphatic heterocycles. The topological polar surface area (TPSA) is 93.9 Å². The van der Waals surface area contributed by atoms with Crippen molar-refractivity contribution in [3.63, 3.8) is 0 Å². The van der Waals surface area contributed by atoms with Crippen molar-refractivity contribution < 1.29 is 19.2 Å². The van der Waals surface area contributed by atoms with Crippen LogP contribution in [-0.4, -0.2) is 49.6 Å². The summed E-state index contributed by atoms with van der Waals surface area (Å²) in [6, 6.07) is 9.10. The van der Waals surface area contributed by atoms with Gasteiger partial charge in [-0.05, 0) is 24.7 Å². The third kappa shape index (κ3) is 2.59. The van der Waals surface area contributed by atoms with Crippen LogP contribution in [0.4, 0.5) is 5.69 Å². The minimum absolute atomic E-state index is 0.280. The summed E-state index contributed by atoms with van der Waals surface area (Å²) in [5, 5.41) is 15.5. The van der Waals surface area contributed by atoms with E-state index in [-0.39, 0.29) is 11.5 Å². The molecule has 0 saturated carbocycles. The highest BCUT2D eigenvalue weighted by Crippen LogP contribution is 2.53. The molecule has 1 fully saturated rings. The average molecular weight is 418 g/mol. The SMILES string of the molecule is COc1cc(Cl)c([C@@H]2CN(C)[C@]3(C(=O)Nc4ccccc43)[C@H]2[N+](=O)[O-])cc1OC. The Kier molecular flexibility index (Phi) is 4.63. The van der Waals surface area contributed by atoms with E-state index in [1.165, 1.54) is 14.2 Å². The van der Waals surface area contributed by atoms with Crippen LogP contribution in [0.25, 0.3) is 0 Å². The van der Waals surface area contributed by atoms with Gasteiger partial charge >= 0.3 is 0 Å². The maximum Gasteiger partial charge on any atom is 0.256 e. The zero-order chi connectivity index (χ0) is 20.9. The number of likely N-dealkylation sites (tertiary alicyclic amines) is 1. The van der Waals surface area contributed by atoms with Crippen molar-refractivity contribution in [2.75, 3.05) is 33.1 Å². The van der Waals surface area contributed by atoms with E-state index >= 15 is 0 Å². The molecule has 0 radical (unpaired) electrons. The Morgan fingerprint density at radius 1 is 1.24 bits per heavy atom. The first kappa shape index (κ1) is 19.5. The second-order valence-electron chi connectivity index (χ2n) is 7.21. The molecule has 29 heavy (non-hydrogen) atoms. The van der Waals surface area contributed by atoms with E-state index in [1.807, 2.05) is 0 Å². The lowest BCUT2D eigenvalue weighted by Crippen LogP contribution is -2.54. The Morgan fingerprint density at radius 2 is 1.90 bits per heavy atom. The number of rotatable bonds is 4. The van der Waals surface area contributed by atoms with Gasteiger partial charge in [-0.15, -0.1) is 0 Å². The van der Waals surface area contributed by atoms with Gasteiger partial charge in [0.2, 0.25) is 0 Å². The molecule has 0 bridgehead atoms. The summed E-state index contributed by atoms with van der Waals surface area (Å²) in [6.07, 6.45) is 0. The Balaban J connectivity index is 1.91. The lowest BCUT2D eigenvalue weighted by Gasteiger charge is -2.30. The highest BCUT2D eigenvalue weighted by atomic mass is 35.5. The number of fused-ring (bicyclic) bond motifs is 2. The predicted octanol–water partition coefficient (Wildman–Crippen LogP) is 2.88. The second-order valence-corrected chi connectivity index (χ2v) is 7.62. The van der Waals surface area contributed by atoms with Crippen LogP contribution in [-0.2, 0) is 10.3 Å². The molecule has 3 atom stereocenters. The Labute approximate surface area is 172 Å². The third-order valence-electron chi connectivity index (χ3n) is 5.94. The molecule has 1 amide bonds. The van der Waals surface area contributed by atoms with E-state index in [4.69, 9.17) is 21.1 Å². The van der Waals surface area contributed by atoms with Crippen molar-refractivity contribution >= 4 is 23.2 Å². The number of ether oxygens (including phenoxy) is 2. The summed E-state index contributed by atoms with van der Waals surface area (Å²) in [5.41, 5.74) is 0.330. The summed E-state index contributed by atoms with van der Waals surface area (Å²) in [4.78, 5) is 26.8. The Bertz CT molecular complexity index is 1010. The quantitative estimate of drug-likeness (QED) is 0.607. The zero-order valence-corrected chi connectivity index (χ0v) is 16.9. The molecule has 9 heteroatoms. The number of para-hydroxylation sites is 1. The summed E-state index contributed by atoms with van der Waals surface area (Å²) >= 11 is 6.49. The summed E-state index contributed by atoms with van der Waals surface area (Å²) in [6.45, 7) is 0.280. The molecule has 0 aliphatic carbocycles. The lowest BCUT2D eigenvalue weighted by molar-refractivity contribution is -0.534. The lowest BCUT2D eigenvalue weighted by atomic mass is 9.79. The van der Waals surface area contributed by atoms with Gasteiger partial charge in [-0.3, -0.25) is 19.8 Å². The van der Waals surface area contributed by atoms with Crippen LogP contribution in [0.2, 0.25) is 5.02 Å². The number of nitro groups is 1. The standard InChI is InChI=1S/C20H20ClN3O5/c1-23-10-12(11-8-16(28-2)17(29-3)9-14(11)21)18(24(26)27)20(23)13-6-4-5-7-15(13)22-19(20)25/h4-9,12,18H,10H2,1-3H3,(H,22,25)/t12-,18-,20-/m0/s1.